The van der Waals surface area contributed by atoms with Crippen LogP contribution in [0.5, 0.6) is 0 Å². The average molecular weight is 389 g/mol. The molecule has 0 fully saturated rings. The minimum Gasteiger partial charge on any atom is -0.462 e. The molecule has 0 aliphatic rings. The van der Waals surface area contributed by atoms with Gasteiger partial charge in [-0.25, -0.2) is 9.59 Å². The van der Waals surface area contributed by atoms with Gasteiger partial charge in [-0.1, -0.05) is 70.8 Å². The molecule has 0 aliphatic heterocycles. The lowest BCUT2D eigenvalue weighted by molar-refractivity contribution is 0.0488. The number of esters is 2. The predicted molar refractivity (Wildman–Crippen MR) is 114 cm³/mol. The monoisotopic (exact) mass is 388 g/mol. The first-order chi connectivity index (χ1) is 13.7. The normalized spacial score (nSPS) is 10.5. The van der Waals surface area contributed by atoms with Gasteiger partial charge in [0, 0.05) is 0 Å². The van der Waals surface area contributed by atoms with E-state index in [1.165, 1.54) is 51.4 Å². The second-order valence-corrected chi connectivity index (χ2v) is 7.11. The number of hydrogen-bond donors (Lipinski definition) is 0. The smallest absolute Gasteiger partial charge is 0.338 e. The van der Waals surface area contributed by atoms with Crippen molar-refractivity contribution < 1.29 is 19.1 Å². The van der Waals surface area contributed by atoms with Gasteiger partial charge in [0.2, 0.25) is 0 Å². The summed E-state index contributed by atoms with van der Waals surface area (Å²) in [6.07, 6.45) is 14.8. The Kier molecular flexibility index (Phi) is 13.6. The van der Waals surface area contributed by atoms with Gasteiger partial charge in [0.05, 0.1) is 24.3 Å². The van der Waals surface area contributed by atoms with E-state index < -0.39 is 5.97 Å². The first-order valence-corrected chi connectivity index (χ1v) is 10.7. The van der Waals surface area contributed by atoms with Crippen LogP contribution in [0.1, 0.15) is 98.3 Å². The molecule has 0 spiro atoms. The summed E-state index contributed by atoms with van der Waals surface area (Å²) in [4.78, 5) is 23.9. The van der Waals surface area contributed by atoms with E-state index in [4.69, 9.17) is 9.47 Å². The molecule has 1 aromatic carbocycles. The maximum Gasteiger partial charge on any atom is 0.338 e. The highest BCUT2D eigenvalue weighted by atomic mass is 16.5. The van der Waals surface area contributed by atoms with Gasteiger partial charge >= 0.3 is 11.9 Å². The van der Waals surface area contributed by atoms with Crippen molar-refractivity contribution in [3.63, 3.8) is 0 Å². The minimum atomic E-state index is -0.396. The molecule has 0 heterocycles. The third kappa shape index (κ3) is 10.9. The van der Waals surface area contributed by atoms with Crippen LogP contribution in [-0.2, 0) is 9.47 Å². The highest BCUT2D eigenvalue weighted by Crippen LogP contribution is 2.11. The Morgan fingerprint density at radius 1 is 0.750 bits per heavy atom. The molecule has 0 radical (unpaired) electrons. The van der Waals surface area contributed by atoms with E-state index in [1.54, 1.807) is 30.3 Å². The quantitative estimate of drug-likeness (QED) is 0.184. The van der Waals surface area contributed by atoms with E-state index in [0.29, 0.717) is 30.8 Å². The molecule has 0 saturated carbocycles. The lowest BCUT2D eigenvalue weighted by atomic mass is 10.1. The zero-order valence-corrected chi connectivity index (χ0v) is 17.4. The van der Waals surface area contributed by atoms with Crippen LogP contribution in [0.4, 0.5) is 0 Å². The van der Waals surface area contributed by atoms with Crippen molar-refractivity contribution in [3.8, 4) is 0 Å². The molecule has 1 aromatic rings. The summed E-state index contributed by atoms with van der Waals surface area (Å²) in [5, 5.41) is 0. The van der Waals surface area contributed by atoms with E-state index >= 15 is 0 Å². The zero-order valence-electron chi connectivity index (χ0n) is 17.4. The van der Waals surface area contributed by atoms with Gasteiger partial charge in [-0.3, -0.25) is 0 Å². The zero-order chi connectivity index (χ0) is 20.5. The van der Waals surface area contributed by atoms with Crippen LogP contribution < -0.4 is 0 Å². The fourth-order valence-electron chi connectivity index (χ4n) is 2.90. The number of hydrogen-bond acceptors (Lipinski definition) is 4. The molecule has 4 nitrogen and oxygen atoms in total. The predicted octanol–water partition coefficient (Wildman–Crippen LogP) is 6.50. The lowest BCUT2D eigenvalue weighted by Crippen LogP contribution is -2.09. The van der Waals surface area contributed by atoms with Crippen molar-refractivity contribution in [3.05, 3.63) is 48.0 Å². The summed E-state index contributed by atoms with van der Waals surface area (Å²) < 4.78 is 10.4. The number of carbonyl (C=O) groups is 2. The Morgan fingerprint density at radius 2 is 1.18 bits per heavy atom. The van der Waals surface area contributed by atoms with E-state index in [0.717, 1.165) is 12.8 Å². The van der Waals surface area contributed by atoms with Gasteiger partial charge in [0.15, 0.2) is 0 Å². The molecule has 1 rings (SSSR count). The highest BCUT2D eigenvalue weighted by molar-refractivity contribution is 5.93. The van der Waals surface area contributed by atoms with Crippen molar-refractivity contribution in [2.45, 2.75) is 77.6 Å². The molecule has 0 saturated heterocycles. The summed E-state index contributed by atoms with van der Waals surface area (Å²) in [6.45, 7) is 6.58. The summed E-state index contributed by atoms with van der Waals surface area (Å²) in [6, 6.07) is 6.39. The molecule has 0 unspecified atom stereocenters. The number of ether oxygens (including phenoxy) is 2. The van der Waals surface area contributed by atoms with Gasteiger partial charge in [-0.2, -0.15) is 0 Å². The van der Waals surface area contributed by atoms with Gasteiger partial charge in [-0.05, 0) is 37.1 Å². The fourth-order valence-corrected chi connectivity index (χ4v) is 2.90. The molecule has 0 atom stereocenters. The van der Waals surface area contributed by atoms with Crippen LogP contribution >= 0.6 is 0 Å². The average Bonchev–Trinajstić information content (AvgIpc) is 2.72. The third-order valence-electron chi connectivity index (χ3n) is 4.64. The van der Waals surface area contributed by atoms with Crippen molar-refractivity contribution in [2.75, 3.05) is 13.2 Å². The third-order valence-corrected chi connectivity index (χ3v) is 4.64. The first kappa shape index (κ1) is 23.9. The van der Waals surface area contributed by atoms with Gasteiger partial charge < -0.3 is 9.47 Å². The van der Waals surface area contributed by atoms with Crippen LogP contribution in [0.25, 0.3) is 0 Å². The van der Waals surface area contributed by atoms with Gasteiger partial charge in [0.1, 0.15) is 0 Å². The molecule has 0 aromatic heterocycles. The maximum atomic E-state index is 12.0. The Morgan fingerprint density at radius 3 is 1.64 bits per heavy atom. The minimum absolute atomic E-state index is 0.310. The first-order valence-electron chi connectivity index (χ1n) is 10.7. The number of benzene rings is 1. The fraction of sp³-hybridized carbons (Fsp3) is 0.583. The molecule has 0 bridgehead atoms. The van der Waals surface area contributed by atoms with E-state index in [1.807, 2.05) is 0 Å². The molecular formula is C24H36O4. The summed E-state index contributed by atoms with van der Waals surface area (Å²) >= 11 is 0. The number of unbranched alkanes of at least 4 members (excludes halogenated alkanes) is 9. The highest BCUT2D eigenvalue weighted by Gasteiger charge is 2.10. The van der Waals surface area contributed by atoms with Crippen molar-refractivity contribution in [2.24, 2.45) is 0 Å². The SMILES string of the molecule is C=CCCOC(=O)c1ccc(C(=O)OCCCCCCCCCCCC)cc1. The Bertz CT molecular complexity index is 562. The van der Waals surface area contributed by atoms with Crippen LogP contribution in [0.3, 0.4) is 0 Å². The lowest BCUT2D eigenvalue weighted by Gasteiger charge is -2.06. The van der Waals surface area contributed by atoms with Crippen LogP contribution in [0.15, 0.2) is 36.9 Å². The largest absolute Gasteiger partial charge is 0.462 e. The van der Waals surface area contributed by atoms with E-state index in [9.17, 15) is 9.59 Å². The van der Waals surface area contributed by atoms with Crippen molar-refractivity contribution in [1.82, 2.24) is 0 Å². The van der Waals surface area contributed by atoms with Gasteiger partial charge in [0.25, 0.3) is 0 Å². The summed E-state index contributed by atoms with van der Waals surface area (Å²) in [5.74, 6) is -0.741. The topological polar surface area (TPSA) is 52.6 Å². The summed E-state index contributed by atoms with van der Waals surface area (Å²) in [7, 11) is 0. The Hall–Kier alpha value is -2.10. The van der Waals surface area contributed by atoms with Crippen LogP contribution in [0.2, 0.25) is 0 Å². The standard InChI is InChI=1S/C24H36O4/c1-3-5-7-8-9-10-11-12-13-14-20-28-24(26)22-17-15-21(16-18-22)23(25)27-19-6-4-2/h4,15-18H,2-3,5-14,19-20H2,1H3. The summed E-state index contributed by atoms with van der Waals surface area (Å²) in [5.41, 5.74) is 0.880. The molecular weight excluding hydrogens is 352 g/mol. The van der Waals surface area contributed by atoms with Crippen LogP contribution in [0, 0.1) is 0 Å². The van der Waals surface area contributed by atoms with Gasteiger partial charge in [-0.15, -0.1) is 6.58 Å². The van der Waals surface area contributed by atoms with Crippen molar-refractivity contribution in [1.29, 1.82) is 0 Å². The Labute approximate surface area is 170 Å². The van der Waals surface area contributed by atoms with E-state index in [2.05, 4.69) is 13.5 Å². The molecule has 0 N–H and O–H groups in total. The molecule has 28 heavy (non-hydrogen) atoms. The number of carbonyl (C=O) groups excluding carboxylic acids is 2. The van der Waals surface area contributed by atoms with Crippen molar-refractivity contribution >= 4 is 11.9 Å². The molecule has 156 valence electrons. The van der Waals surface area contributed by atoms with E-state index in [-0.39, 0.29) is 5.97 Å². The van der Waals surface area contributed by atoms with Crippen LogP contribution in [-0.4, -0.2) is 25.2 Å². The molecule has 4 heteroatoms. The Balaban J connectivity index is 2.12. The maximum absolute atomic E-state index is 12.0. The second kappa shape index (κ2) is 15.9. The number of rotatable bonds is 16. The molecule has 0 aliphatic carbocycles. The second-order valence-electron chi connectivity index (χ2n) is 7.11. The molecule has 0 amide bonds.